The van der Waals surface area contributed by atoms with E-state index in [2.05, 4.69) is 15.0 Å². The van der Waals surface area contributed by atoms with Crippen molar-refractivity contribution in [2.75, 3.05) is 13.2 Å². The van der Waals surface area contributed by atoms with Crippen molar-refractivity contribution in [1.82, 2.24) is 10.3 Å². The maximum atomic E-state index is 12.4. The second kappa shape index (κ2) is 9.28. The van der Waals surface area contributed by atoms with Crippen molar-refractivity contribution >= 4 is 17.2 Å². The van der Waals surface area contributed by atoms with Gasteiger partial charge in [0.05, 0.1) is 11.6 Å². The lowest BCUT2D eigenvalue weighted by molar-refractivity contribution is -0.0514. The maximum Gasteiger partial charge on any atom is 0.387 e. The molecule has 0 aliphatic heterocycles. The van der Waals surface area contributed by atoms with E-state index in [0.29, 0.717) is 30.8 Å². The van der Waals surface area contributed by atoms with Gasteiger partial charge in [-0.2, -0.15) is 8.78 Å². The Kier molecular flexibility index (Phi) is 7.08. The summed E-state index contributed by atoms with van der Waals surface area (Å²) in [6.07, 6.45) is 0.626. The molecule has 0 aliphatic rings. The summed E-state index contributed by atoms with van der Waals surface area (Å²) < 4.78 is 34.5. The Labute approximate surface area is 148 Å². The van der Waals surface area contributed by atoms with Gasteiger partial charge in [-0.15, -0.1) is 11.3 Å². The maximum absolute atomic E-state index is 12.4. The van der Waals surface area contributed by atoms with E-state index in [1.807, 2.05) is 0 Å². The van der Waals surface area contributed by atoms with Gasteiger partial charge in [0.2, 0.25) is 0 Å². The van der Waals surface area contributed by atoms with Crippen molar-refractivity contribution in [3.63, 3.8) is 0 Å². The zero-order chi connectivity index (χ0) is 18.2. The number of amides is 1. The molecular formula is C16H19F2N3O3S. The van der Waals surface area contributed by atoms with Gasteiger partial charge < -0.3 is 20.5 Å². The predicted molar refractivity (Wildman–Crippen MR) is 90.3 cm³/mol. The van der Waals surface area contributed by atoms with Crippen LogP contribution in [0.2, 0.25) is 0 Å². The summed E-state index contributed by atoms with van der Waals surface area (Å²) in [5, 5.41) is 5.21. The summed E-state index contributed by atoms with van der Waals surface area (Å²) in [7, 11) is 0. The zero-order valence-corrected chi connectivity index (χ0v) is 14.4. The topological polar surface area (TPSA) is 86.5 Å². The normalized spacial score (nSPS) is 10.8. The second-order valence-electron chi connectivity index (χ2n) is 4.94. The SMILES string of the molecule is CCOc1cc(CNC(=O)c2csc(CCN)n2)ccc1OC(F)F. The molecule has 0 spiro atoms. The number of aromatic nitrogens is 1. The molecule has 0 radical (unpaired) electrons. The Morgan fingerprint density at radius 1 is 1.40 bits per heavy atom. The minimum absolute atomic E-state index is 0.0437. The van der Waals surface area contributed by atoms with Crippen LogP contribution < -0.4 is 20.5 Å². The van der Waals surface area contributed by atoms with E-state index >= 15 is 0 Å². The van der Waals surface area contributed by atoms with E-state index in [-0.39, 0.29) is 24.0 Å². The first-order valence-corrected chi connectivity index (χ1v) is 8.54. The number of carbonyl (C=O) groups excluding carboxylic acids is 1. The molecule has 6 nitrogen and oxygen atoms in total. The van der Waals surface area contributed by atoms with Crippen LogP contribution in [0.4, 0.5) is 8.78 Å². The molecule has 0 bridgehead atoms. The Bertz CT molecular complexity index is 710. The first kappa shape index (κ1) is 19.1. The fraction of sp³-hybridized carbons (Fsp3) is 0.375. The largest absolute Gasteiger partial charge is 0.490 e. The van der Waals surface area contributed by atoms with Crippen molar-refractivity contribution < 1.29 is 23.0 Å². The third-order valence-corrected chi connectivity index (χ3v) is 4.03. The van der Waals surface area contributed by atoms with Crippen molar-refractivity contribution in [2.24, 2.45) is 5.73 Å². The molecule has 1 aromatic carbocycles. The average Bonchev–Trinajstić information content (AvgIpc) is 3.03. The van der Waals surface area contributed by atoms with Gasteiger partial charge in [-0.1, -0.05) is 6.07 Å². The Balaban J connectivity index is 2.01. The molecule has 0 unspecified atom stereocenters. The highest BCUT2D eigenvalue weighted by atomic mass is 32.1. The average molecular weight is 371 g/mol. The van der Waals surface area contributed by atoms with Gasteiger partial charge >= 0.3 is 6.61 Å². The van der Waals surface area contributed by atoms with Crippen molar-refractivity contribution in [1.29, 1.82) is 0 Å². The minimum Gasteiger partial charge on any atom is -0.490 e. The monoisotopic (exact) mass is 371 g/mol. The number of alkyl halides is 2. The number of nitrogens with one attached hydrogen (secondary N) is 1. The molecule has 2 rings (SSSR count). The quantitative estimate of drug-likeness (QED) is 0.708. The molecule has 0 saturated carbocycles. The summed E-state index contributed by atoms with van der Waals surface area (Å²) in [5.74, 6) is -0.156. The number of nitrogens with two attached hydrogens (primary N) is 1. The van der Waals surface area contributed by atoms with Crippen LogP contribution in [0, 0.1) is 0 Å². The molecule has 1 amide bonds. The minimum atomic E-state index is -2.93. The lowest BCUT2D eigenvalue weighted by atomic mass is 10.2. The molecule has 0 saturated heterocycles. The van der Waals surface area contributed by atoms with Crippen LogP contribution in [0.5, 0.6) is 11.5 Å². The van der Waals surface area contributed by atoms with Crippen LogP contribution in [0.3, 0.4) is 0 Å². The van der Waals surface area contributed by atoms with Crippen molar-refractivity contribution in [3.05, 3.63) is 39.8 Å². The fourth-order valence-corrected chi connectivity index (χ4v) is 2.84. The molecule has 136 valence electrons. The number of carbonyl (C=O) groups is 1. The first-order chi connectivity index (χ1) is 12.0. The molecule has 9 heteroatoms. The van der Waals surface area contributed by atoms with Gasteiger partial charge in [-0.25, -0.2) is 4.98 Å². The van der Waals surface area contributed by atoms with E-state index in [1.54, 1.807) is 24.4 Å². The van der Waals surface area contributed by atoms with E-state index in [0.717, 1.165) is 5.01 Å². The van der Waals surface area contributed by atoms with Gasteiger partial charge in [0.1, 0.15) is 5.69 Å². The van der Waals surface area contributed by atoms with Gasteiger partial charge in [0, 0.05) is 18.3 Å². The van der Waals surface area contributed by atoms with Gasteiger partial charge in [-0.3, -0.25) is 4.79 Å². The molecule has 3 N–H and O–H groups in total. The molecule has 0 atom stereocenters. The van der Waals surface area contributed by atoms with Crippen LogP contribution in [0.15, 0.2) is 23.6 Å². The van der Waals surface area contributed by atoms with E-state index in [4.69, 9.17) is 10.5 Å². The summed E-state index contributed by atoms with van der Waals surface area (Å²) in [6, 6.07) is 4.53. The van der Waals surface area contributed by atoms with Gasteiger partial charge in [0.25, 0.3) is 5.91 Å². The molecule has 0 aliphatic carbocycles. The van der Waals surface area contributed by atoms with Gasteiger partial charge in [-0.05, 0) is 31.2 Å². The standard InChI is InChI=1S/C16H19F2N3O3S/c1-2-23-13-7-10(3-4-12(13)24-16(17)18)8-20-15(22)11-9-25-14(21-11)5-6-19/h3-4,7,9,16H,2,5-6,8,19H2,1H3,(H,20,22). The van der Waals surface area contributed by atoms with Crippen LogP contribution in [0.25, 0.3) is 0 Å². The summed E-state index contributed by atoms with van der Waals surface area (Å²) >= 11 is 1.38. The number of rotatable bonds is 9. The molecule has 25 heavy (non-hydrogen) atoms. The van der Waals surface area contributed by atoms with E-state index in [9.17, 15) is 13.6 Å². The van der Waals surface area contributed by atoms with Crippen LogP contribution >= 0.6 is 11.3 Å². The smallest absolute Gasteiger partial charge is 0.387 e. The highest BCUT2D eigenvalue weighted by molar-refractivity contribution is 7.09. The fourth-order valence-electron chi connectivity index (χ4n) is 2.05. The van der Waals surface area contributed by atoms with Crippen LogP contribution in [-0.4, -0.2) is 30.7 Å². The summed E-state index contributed by atoms with van der Waals surface area (Å²) in [5.41, 5.74) is 6.48. The van der Waals surface area contributed by atoms with E-state index < -0.39 is 6.61 Å². The number of ether oxygens (including phenoxy) is 2. The highest BCUT2D eigenvalue weighted by Crippen LogP contribution is 2.29. The lowest BCUT2D eigenvalue weighted by Crippen LogP contribution is -2.23. The third-order valence-electron chi connectivity index (χ3n) is 3.12. The van der Waals surface area contributed by atoms with E-state index in [1.165, 1.54) is 17.4 Å². The molecular weight excluding hydrogens is 352 g/mol. The predicted octanol–water partition coefficient (Wildman–Crippen LogP) is 2.57. The first-order valence-electron chi connectivity index (χ1n) is 7.66. The number of halogens is 2. The highest BCUT2D eigenvalue weighted by Gasteiger charge is 2.13. The number of thiazole rings is 1. The van der Waals surface area contributed by atoms with Crippen LogP contribution in [0.1, 0.15) is 28.0 Å². The van der Waals surface area contributed by atoms with Crippen molar-refractivity contribution in [2.45, 2.75) is 26.5 Å². The Morgan fingerprint density at radius 2 is 2.20 bits per heavy atom. The molecule has 1 heterocycles. The number of hydrogen-bond acceptors (Lipinski definition) is 6. The van der Waals surface area contributed by atoms with Crippen LogP contribution in [-0.2, 0) is 13.0 Å². The summed E-state index contributed by atoms with van der Waals surface area (Å²) in [4.78, 5) is 16.3. The number of nitrogens with zero attached hydrogens (tertiary/aromatic N) is 1. The van der Waals surface area contributed by atoms with Crippen molar-refractivity contribution in [3.8, 4) is 11.5 Å². The molecule has 0 fully saturated rings. The Morgan fingerprint density at radius 3 is 2.88 bits per heavy atom. The number of hydrogen-bond donors (Lipinski definition) is 2. The second-order valence-corrected chi connectivity index (χ2v) is 5.88. The van der Waals surface area contributed by atoms with Gasteiger partial charge in [0.15, 0.2) is 11.5 Å². The Hall–Kier alpha value is -2.26. The molecule has 2 aromatic rings. The molecule has 1 aromatic heterocycles. The third kappa shape index (κ3) is 5.64. The summed E-state index contributed by atoms with van der Waals surface area (Å²) in [6.45, 7) is -0.212. The zero-order valence-electron chi connectivity index (χ0n) is 13.6. The lowest BCUT2D eigenvalue weighted by Gasteiger charge is -2.13. The number of benzene rings is 1.